The van der Waals surface area contributed by atoms with E-state index < -0.39 is 0 Å². The summed E-state index contributed by atoms with van der Waals surface area (Å²) in [6.07, 6.45) is 0.730. The van der Waals surface area contributed by atoms with Crippen molar-refractivity contribution in [3.05, 3.63) is 107 Å². The van der Waals surface area contributed by atoms with Crippen LogP contribution in [-0.4, -0.2) is 22.9 Å². The first-order valence-corrected chi connectivity index (χ1v) is 12.0. The van der Waals surface area contributed by atoms with Crippen molar-refractivity contribution in [1.82, 2.24) is 4.57 Å². The molecule has 4 nitrogen and oxygen atoms in total. The highest BCUT2D eigenvalue weighted by Crippen LogP contribution is 2.34. The molecule has 0 radical (unpaired) electrons. The molecule has 5 heteroatoms. The molecule has 0 spiro atoms. The second-order valence-electron chi connectivity index (χ2n) is 8.99. The van der Waals surface area contributed by atoms with Gasteiger partial charge in [0.1, 0.15) is 5.82 Å². The van der Waals surface area contributed by atoms with Gasteiger partial charge in [0.05, 0.1) is 17.7 Å². The van der Waals surface area contributed by atoms with Crippen LogP contribution in [0.4, 0.5) is 4.39 Å². The average Bonchev–Trinajstić information content (AvgIpc) is 3.17. The van der Waals surface area contributed by atoms with Crippen molar-refractivity contribution in [3.8, 4) is 0 Å². The van der Waals surface area contributed by atoms with E-state index in [0.29, 0.717) is 30.7 Å². The van der Waals surface area contributed by atoms with Gasteiger partial charge in [-0.05, 0) is 54.7 Å². The topological polar surface area (TPSA) is 48.3 Å². The zero-order chi connectivity index (χ0) is 24.9. The molecule has 0 bridgehead atoms. The van der Waals surface area contributed by atoms with Gasteiger partial charge in [0.2, 0.25) is 0 Å². The molecule has 4 rings (SSSR count). The average molecular weight is 472 g/mol. The summed E-state index contributed by atoms with van der Waals surface area (Å²) in [4.78, 5) is 26.1. The molecule has 0 amide bonds. The largest absolute Gasteiger partial charge is 0.462 e. The minimum Gasteiger partial charge on any atom is -0.462 e. The summed E-state index contributed by atoms with van der Waals surface area (Å²) in [6.45, 7) is 6.80. The Kier molecular flexibility index (Phi) is 7.45. The number of carbonyl (C=O) groups is 2. The Morgan fingerprint density at radius 3 is 2.37 bits per heavy atom. The highest BCUT2D eigenvalue weighted by atomic mass is 19.1. The molecular formula is C30H30FNO3. The zero-order valence-corrected chi connectivity index (χ0v) is 20.4. The quantitative estimate of drug-likeness (QED) is 0.196. The second-order valence-corrected chi connectivity index (χ2v) is 8.99. The molecule has 0 fully saturated rings. The van der Waals surface area contributed by atoms with Crippen LogP contribution in [0.5, 0.6) is 0 Å². The molecule has 0 aliphatic carbocycles. The summed E-state index contributed by atoms with van der Waals surface area (Å²) in [5.41, 5.74) is 4.80. The minimum atomic E-state index is -0.382. The Bertz CT molecular complexity index is 1360. The van der Waals surface area contributed by atoms with Crippen LogP contribution in [0.1, 0.15) is 70.6 Å². The van der Waals surface area contributed by atoms with Crippen LogP contribution in [0.2, 0.25) is 0 Å². The van der Waals surface area contributed by atoms with Gasteiger partial charge in [-0.2, -0.15) is 0 Å². The Balaban J connectivity index is 1.82. The van der Waals surface area contributed by atoms with Crippen molar-refractivity contribution in [2.24, 2.45) is 0 Å². The Morgan fingerprint density at radius 2 is 1.69 bits per heavy atom. The highest BCUT2D eigenvalue weighted by Gasteiger charge is 2.25. The molecule has 35 heavy (non-hydrogen) atoms. The number of benzene rings is 3. The van der Waals surface area contributed by atoms with Crippen LogP contribution in [-0.2, 0) is 17.7 Å². The summed E-state index contributed by atoms with van der Waals surface area (Å²) < 4.78 is 21.0. The van der Waals surface area contributed by atoms with Crippen molar-refractivity contribution >= 4 is 22.7 Å². The van der Waals surface area contributed by atoms with Gasteiger partial charge in [-0.25, -0.2) is 9.18 Å². The molecule has 0 N–H and O–H groups in total. The third-order valence-electron chi connectivity index (χ3n) is 6.15. The van der Waals surface area contributed by atoms with E-state index in [1.807, 2.05) is 36.4 Å². The predicted octanol–water partition coefficient (Wildman–Crippen LogP) is 6.94. The number of nitrogens with zero attached hydrogens (tertiary/aromatic N) is 1. The fourth-order valence-electron chi connectivity index (χ4n) is 4.62. The molecule has 0 aliphatic heterocycles. The van der Waals surface area contributed by atoms with Crippen molar-refractivity contribution in [1.29, 1.82) is 0 Å². The molecule has 1 aromatic heterocycles. The van der Waals surface area contributed by atoms with E-state index in [0.717, 1.165) is 27.7 Å². The monoisotopic (exact) mass is 471 g/mol. The number of carbonyl (C=O) groups excluding carboxylic acids is 2. The standard InChI is InChI=1S/C30H30FNO3/c1-4-35-30(34)23-14-15-25-26(18-23)32(19-22-9-6-5-7-10-22)29(20(2)3)28(25)27(33)16-13-21-11-8-12-24(31)17-21/h5-12,14-15,17-18,20H,4,13,16,19H2,1-3H3. The lowest BCUT2D eigenvalue weighted by atomic mass is 9.96. The molecular weight excluding hydrogens is 441 g/mol. The number of hydrogen-bond acceptors (Lipinski definition) is 3. The number of rotatable bonds is 9. The minimum absolute atomic E-state index is 0.0126. The normalized spacial score (nSPS) is 11.2. The number of Topliss-reactive ketones (excluding diaryl/α,β-unsaturated/α-hetero) is 1. The Hall–Kier alpha value is -3.73. The first kappa shape index (κ1) is 24.4. The second kappa shape index (κ2) is 10.7. The summed E-state index contributed by atoms with van der Waals surface area (Å²) in [5.74, 6) is -0.598. The van der Waals surface area contributed by atoms with E-state index in [1.54, 1.807) is 19.1 Å². The smallest absolute Gasteiger partial charge is 0.338 e. The van der Waals surface area contributed by atoms with Crippen LogP contribution in [0, 0.1) is 5.82 Å². The van der Waals surface area contributed by atoms with Gasteiger partial charge in [0, 0.05) is 29.6 Å². The van der Waals surface area contributed by atoms with Gasteiger partial charge in [-0.1, -0.05) is 62.4 Å². The third kappa shape index (κ3) is 5.35. The number of halogens is 1. The van der Waals surface area contributed by atoms with Crippen molar-refractivity contribution in [2.45, 2.75) is 46.1 Å². The summed E-state index contributed by atoms with van der Waals surface area (Å²) in [5, 5.41) is 0.821. The highest BCUT2D eigenvalue weighted by molar-refractivity contribution is 6.11. The predicted molar refractivity (Wildman–Crippen MR) is 137 cm³/mol. The lowest BCUT2D eigenvalue weighted by Crippen LogP contribution is -2.11. The van der Waals surface area contributed by atoms with Crippen LogP contribution in [0.15, 0.2) is 72.8 Å². The third-order valence-corrected chi connectivity index (χ3v) is 6.15. The Labute approximate surface area is 205 Å². The molecule has 1 heterocycles. The van der Waals surface area contributed by atoms with Gasteiger partial charge in [-0.15, -0.1) is 0 Å². The summed E-state index contributed by atoms with van der Waals surface area (Å²) in [7, 11) is 0. The Morgan fingerprint density at radius 1 is 0.943 bits per heavy atom. The maximum atomic E-state index is 13.6. The van der Waals surface area contributed by atoms with Gasteiger partial charge < -0.3 is 9.30 Å². The summed E-state index contributed by atoms with van der Waals surface area (Å²) >= 11 is 0. The van der Waals surface area contributed by atoms with E-state index in [2.05, 4.69) is 30.5 Å². The van der Waals surface area contributed by atoms with Crippen molar-refractivity contribution in [2.75, 3.05) is 6.61 Å². The molecule has 0 atom stereocenters. The van der Waals surface area contributed by atoms with E-state index >= 15 is 0 Å². The number of aromatic nitrogens is 1. The molecule has 0 saturated carbocycles. The molecule has 0 saturated heterocycles. The maximum Gasteiger partial charge on any atom is 0.338 e. The van der Waals surface area contributed by atoms with Gasteiger partial charge in [0.25, 0.3) is 0 Å². The number of ether oxygens (including phenoxy) is 1. The number of fused-ring (bicyclic) bond motifs is 1. The number of aryl methyl sites for hydroxylation is 1. The van der Waals surface area contributed by atoms with Gasteiger partial charge in [-0.3, -0.25) is 4.79 Å². The fourth-order valence-corrected chi connectivity index (χ4v) is 4.62. The molecule has 4 aromatic rings. The fraction of sp³-hybridized carbons (Fsp3) is 0.267. The lowest BCUT2D eigenvalue weighted by Gasteiger charge is -2.15. The van der Waals surface area contributed by atoms with Crippen LogP contribution < -0.4 is 0 Å². The number of hydrogen-bond donors (Lipinski definition) is 0. The van der Waals surface area contributed by atoms with Crippen molar-refractivity contribution < 1.29 is 18.7 Å². The molecule has 0 unspecified atom stereocenters. The summed E-state index contributed by atoms with van der Waals surface area (Å²) in [6, 6.07) is 21.8. The molecule has 180 valence electrons. The van der Waals surface area contributed by atoms with Gasteiger partial charge in [0.15, 0.2) is 5.78 Å². The SMILES string of the molecule is CCOC(=O)c1ccc2c(C(=O)CCc3cccc(F)c3)c(C(C)C)n(Cc3ccccc3)c2c1. The van der Waals surface area contributed by atoms with Crippen molar-refractivity contribution in [3.63, 3.8) is 0 Å². The van der Waals surface area contributed by atoms with Crippen LogP contribution >= 0.6 is 0 Å². The number of esters is 1. The first-order valence-electron chi connectivity index (χ1n) is 12.0. The van der Waals surface area contributed by atoms with Gasteiger partial charge >= 0.3 is 5.97 Å². The number of ketones is 1. The zero-order valence-electron chi connectivity index (χ0n) is 20.4. The molecule has 3 aromatic carbocycles. The van der Waals surface area contributed by atoms with Crippen LogP contribution in [0.3, 0.4) is 0 Å². The van der Waals surface area contributed by atoms with E-state index in [-0.39, 0.29) is 29.9 Å². The van der Waals surface area contributed by atoms with E-state index in [1.165, 1.54) is 12.1 Å². The van der Waals surface area contributed by atoms with E-state index in [4.69, 9.17) is 4.74 Å². The first-order chi connectivity index (χ1) is 16.9. The van der Waals surface area contributed by atoms with E-state index in [9.17, 15) is 14.0 Å². The van der Waals surface area contributed by atoms with Crippen LogP contribution in [0.25, 0.3) is 10.9 Å². The maximum absolute atomic E-state index is 13.6. The lowest BCUT2D eigenvalue weighted by molar-refractivity contribution is 0.0526. The molecule has 0 aliphatic rings.